The average Bonchev–Trinajstić information content (AvgIpc) is 2.50. The van der Waals surface area contributed by atoms with Gasteiger partial charge in [0.15, 0.2) is 0 Å². The van der Waals surface area contributed by atoms with Crippen molar-refractivity contribution in [2.45, 2.75) is 0 Å². The molecule has 0 bridgehead atoms. The number of hydrogen-bond donors (Lipinski definition) is 2. The fourth-order valence-electron chi connectivity index (χ4n) is 1.68. The maximum Gasteiger partial charge on any atom is 0.269 e. The number of amides is 1. The molecule has 110 valence electrons. The van der Waals surface area contributed by atoms with E-state index in [9.17, 15) is 4.79 Å². The Balaban J connectivity index is 1.99. The lowest BCUT2D eigenvalue weighted by atomic mass is 10.3. The third-order valence-electron chi connectivity index (χ3n) is 2.74. The van der Waals surface area contributed by atoms with Crippen molar-refractivity contribution in [3.05, 3.63) is 53.3 Å². The highest BCUT2D eigenvalue weighted by molar-refractivity contribution is 6.33. The number of rotatable bonds is 6. The van der Waals surface area contributed by atoms with E-state index in [-0.39, 0.29) is 5.91 Å². The first-order valence-corrected chi connectivity index (χ1v) is 6.83. The van der Waals surface area contributed by atoms with Crippen molar-refractivity contribution >= 4 is 28.9 Å². The number of anilines is 2. The van der Waals surface area contributed by atoms with Crippen LogP contribution in [0.25, 0.3) is 0 Å². The molecule has 6 heteroatoms. The van der Waals surface area contributed by atoms with Crippen LogP contribution in [0.1, 0.15) is 10.5 Å². The third-order valence-corrected chi connectivity index (χ3v) is 3.07. The highest BCUT2D eigenvalue weighted by atomic mass is 35.5. The van der Waals surface area contributed by atoms with Crippen molar-refractivity contribution < 1.29 is 9.53 Å². The number of halogens is 1. The van der Waals surface area contributed by atoms with Gasteiger partial charge in [-0.25, -0.2) is 4.98 Å². The van der Waals surface area contributed by atoms with E-state index in [1.807, 2.05) is 18.2 Å². The van der Waals surface area contributed by atoms with Gasteiger partial charge in [0.25, 0.3) is 5.91 Å². The number of carbonyl (C=O) groups is 1. The normalized spacial score (nSPS) is 10.2. The standard InChI is InChI=1S/C15H16ClN3O2/c1-21-9-8-17-15(20)14-7-6-11(10-18-14)19-13-5-3-2-4-12(13)16/h2-7,10,19H,8-9H2,1H3,(H,17,20). The summed E-state index contributed by atoms with van der Waals surface area (Å²) in [4.78, 5) is 15.9. The topological polar surface area (TPSA) is 63.2 Å². The highest BCUT2D eigenvalue weighted by Crippen LogP contribution is 2.24. The first-order valence-electron chi connectivity index (χ1n) is 6.45. The second-order valence-electron chi connectivity index (χ2n) is 4.29. The summed E-state index contributed by atoms with van der Waals surface area (Å²) in [5.41, 5.74) is 1.91. The SMILES string of the molecule is COCCNC(=O)c1ccc(Nc2ccccc2Cl)cn1. The number of methoxy groups -OCH3 is 1. The van der Waals surface area contributed by atoms with Crippen LogP contribution < -0.4 is 10.6 Å². The molecule has 2 aromatic rings. The number of para-hydroxylation sites is 1. The molecule has 0 saturated heterocycles. The number of nitrogens with one attached hydrogen (secondary N) is 2. The van der Waals surface area contributed by atoms with Crippen LogP contribution in [-0.4, -0.2) is 31.2 Å². The van der Waals surface area contributed by atoms with Crippen LogP contribution in [0.2, 0.25) is 5.02 Å². The van der Waals surface area contributed by atoms with Gasteiger partial charge in [0.05, 0.1) is 29.2 Å². The molecule has 5 nitrogen and oxygen atoms in total. The lowest BCUT2D eigenvalue weighted by Gasteiger charge is -2.08. The Morgan fingerprint density at radius 1 is 1.29 bits per heavy atom. The molecule has 0 atom stereocenters. The largest absolute Gasteiger partial charge is 0.383 e. The zero-order valence-corrected chi connectivity index (χ0v) is 12.4. The van der Waals surface area contributed by atoms with Gasteiger partial charge in [0.1, 0.15) is 5.69 Å². The van der Waals surface area contributed by atoms with Crippen LogP contribution in [0.3, 0.4) is 0 Å². The molecule has 2 N–H and O–H groups in total. The summed E-state index contributed by atoms with van der Waals surface area (Å²) >= 11 is 6.07. The molecule has 1 aromatic carbocycles. The second-order valence-corrected chi connectivity index (χ2v) is 4.69. The zero-order valence-electron chi connectivity index (χ0n) is 11.6. The highest BCUT2D eigenvalue weighted by Gasteiger charge is 2.06. The molecule has 0 spiro atoms. The van der Waals surface area contributed by atoms with Gasteiger partial charge in [0.2, 0.25) is 0 Å². The summed E-state index contributed by atoms with van der Waals surface area (Å²) < 4.78 is 4.87. The fraction of sp³-hybridized carbons (Fsp3) is 0.200. The van der Waals surface area contributed by atoms with Crippen molar-refractivity contribution in [2.75, 3.05) is 25.6 Å². The molecule has 0 saturated carbocycles. The van der Waals surface area contributed by atoms with Crippen molar-refractivity contribution in [3.63, 3.8) is 0 Å². The van der Waals surface area contributed by atoms with Crippen molar-refractivity contribution in [1.29, 1.82) is 0 Å². The van der Waals surface area contributed by atoms with Crippen molar-refractivity contribution in [3.8, 4) is 0 Å². The van der Waals surface area contributed by atoms with Gasteiger partial charge < -0.3 is 15.4 Å². The molecule has 1 heterocycles. The van der Waals surface area contributed by atoms with Crippen LogP contribution in [0.4, 0.5) is 11.4 Å². The van der Waals surface area contributed by atoms with Crippen LogP contribution in [0.5, 0.6) is 0 Å². The van der Waals surface area contributed by atoms with Crippen molar-refractivity contribution in [1.82, 2.24) is 10.3 Å². The van der Waals surface area contributed by atoms with E-state index in [1.165, 1.54) is 0 Å². The summed E-state index contributed by atoms with van der Waals surface area (Å²) in [6.07, 6.45) is 1.59. The van der Waals surface area contributed by atoms with Crippen LogP contribution in [-0.2, 0) is 4.74 Å². The molecule has 0 aliphatic heterocycles. The molecule has 0 radical (unpaired) electrons. The van der Waals surface area contributed by atoms with Gasteiger partial charge in [-0.3, -0.25) is 4.79 Å². The van der Waals surface area contributed by atoms with E-state index in [2.05, 4.69) is 15.6 Å². The van der Waals surface area contributed by atoms with E-state index in [4.69, 9.17) is 16.3 Å². The van der Waals surface area contributed by atoms with Gasteiger partial charge in [-0.2, -0.15) is 0 Å². The van der Waals surface area contributed by atoms with Gasteiger partial charge in [-0.1, -0.05) is 23.7 Å². The Labute approximate surface area is 128 Å². The Kier molecular flexibility index (Phi) is 5.54. The number of benzene rings is 1. The van der Waals surface area contributed by atoms with Gasteiger partial charge in [-0.15, -0.1) is 0 Å². The number of aromatic nitrogens is 1. The molecular weight excluding hydrogens is 290 g/mol. The molecule has 1 amide bonds. The van der Waals surface area contributed by atoms with E-state index >= 15 is 0 Å². The molecule has 0 fully saturated rings. The zero-order chi connectivity index (χ0) is 15.1. The van der Waals surface area contributed by atoms with Crippen LogP contribution in [0, 0.1) is 0 Å². The summed E-state index contributed by atoms with van der Waals surface area (Å²) in [6, 6.07) is 10.9. The van der Waals surface area contributed by atoms with E-state index in [0.29, 0.717) is 23.9 Å². The van der Waals surface area contributed by atoms with Crippen LogP contribution in [0.15, 0.2) is 42.6 Å². The second kappa shape index (κ2) is 7.61. The Hall–Kier alpha value is -2.11. The maximum atomic E-state index is 11.8. The Bertz CT molecular complexity index is 602. The molecule has 2 rings (SSSR count). The molecule has 0 aliphatic carbocycles. The number of pyridine rings is 1. The van der Waals surface area contributed by atoms with Gasteiger partial charge in [0, 0.05) is 13.7 Å². The number of nitrogens with zero attached hydrogens (tertiary/aromatic N) is 1. The maximum absolute atomic E-state index is 11.8. The predicted molar refractivity (Wildman–Crippen MR) is 83.2 cm³/mol. The summed E-state index contributed by atoms with van der Waals surface area (Å²) in [7, 11) is 1.58. The lowest BCUT2D eigenvalue weighted by Crippen LogP contribution is -2.27. The molecular formula is C15H16ClN3O2. The Morgan fingerprint density at radius 3 is 2.76 bits per heavy atom. The smallest absolute Gasteiger partial charge is 0.269 e. The first-order chi connectivity index (χ1) is 10.2. The molecule has 0 aliphatic rings. The van der Waals surface area contributed by atoms with Crippen LogP contribution >= 0.6 is 11.6 Å². The predicted octanol–water partition coefficient (Wildman–Crippen LogP) is 2.85. The van der Waals surface area contributed by atoms with E-state index < -0.39 is 0 Å². The van der Waals surface area contributed by atoms with E-state index in [0.717, 1.165) is 11.4 Å². The summed E-state index contributed by atoms with van der Waals surface area (Å²) in [5.74, 6) is -0.226. The minimum absolute atomic E-state index is 0.226. The summed E-state index contributed by atoms with van der Waals surface area (Å²) in [5, 5.41) is 6.48. The minimum atomic E-state index is -0.226. The van der Waals surface area contributed by atoms with Gasteiger partial charge in [-0.05, 0) is 24.3 Å². The van der Waals surface area contributed by atoms with E-state index in [1.54, 1.807) is 31.5 Å². The number of ether oxygens (including phenoxy) is 1. The first kappa shape index (κ1) is 15.3. The van der Waals surface area contributed by atoms with Gasteiger partial charge >= 0.3 is 0 Å². The third kappa shape index (κ3) is 4.44. The fourth-order valence-corrected chi connectivity index (χ4v) is 1.86. The number of hydrogen-bond acceptors (Lipinski definition) is 4. The van der Waals surface area contributed by atoms with Crippen molar-refractivity contribution in [2.24, 2.45) is 0 Å². The molecule has 0 unspecified atom stereocenters. The summed E-state index contributed by atoms with van der Waals surface area (Å²) in [6.45, 7) is 0.925. The quantitative estimate of drug-likeness (QED) is 0.806. The number of carbonyl (C=O) groups excluding carboxylic acids is 1. The Morgan fingerprint density at radius 2 is 2.10 bits per heavy atom. The minimum Gasteiger partial charge on any atom is -0.383 e. The molecule has 21 heavy (non-hydrogen) atoms. The average molecular weight is 306 g/mol. The lowest BCUT2D eigenvalue weighted by molar-refractivity contribution is 0.0932. The monoisotopic (exact) mass is 305 g/mol. The molecule has 1 aromatic heterocycles.